The van der Waals surface area contributed by atoms with Crippen molar-refractivity contribution >= 4 is 43.6 Å². The summed E-state index contributed by atoms with van der Waals surface area (Å²) < 4.78 is 15.7. The largest absolute Gasteiger partial charge is 0.508 e. The molecule has 6 heteroatoms. The highest BCUT2D eigenvalue weighted by Gasteiger charge is 2.28. The first-order valence-electron chi connectivity index (χ1n) is 14.1. The molecule has 0 atom stereocenters. The van der Waals surface area contributed by atoms with Gasteiger partial charge < -0.3 is 28.8 Å². The van der Waals surface area contributed by atoms with Gasteiger partial charge in [0.15, 0.2) is 0 Å². The number of benzene rings is 5. The van der Waals surface area contributed by atoms with Gasteiger partial charge in [-0.25, -0.2) is 0 Å². The Labute approximate surface area is 254 Å². The van der Waals surface area contributed by atoms with Crippen LogP contribution in [0.15, 0.2) is 84.9 Å². The van der Waals surface area contributed by atoms with Crippen LogP contribution >= 0.6 is 0 Å². The van der Waals surface area contributed by atoms with Gasteiger partial charge in [-0.05, 0) is 71.8 Å². The van der Waals surface area contributed by atoms with Crippen LogP contribution in [0.4, 0.5) is 0 Å². The SMILES string of the molecule is C#CCn1c2ccc(OC)cc2c2c(-c3cccc(O)c3)c3c(c(-c4cccc(O)c4)c21)c1cc(OC)ccc1n3CC#C. The number of phenols is 2. The van der Waals surface area contributed by atoms with Crippen molar-refractivity contribution in [3.05, 3.63) is 84.9 Å². The first kappa shape index (κ1) is 26.9. The van der Waals surface area contributed by atoms with Crippen molar-refractivity contribution in [3.63, 3.8) is 0 Å². The van der Waals surface area contributed by atoms with E-state index < -0.39 is 0 Å². The topological polar surface area (TPSA) is 68.8 Å². The van der Waals surface area contributed by atoms with E-state index in [4.69, 9.17) is 22.3 Å². The highest BCUT2D eigenvalue weighted by atomic mass is 16.5. The fraction of sp³-hybridized carbons (Fsp3) is 0.105. The molecule has 0 aliphatic heterocycles. The molecule has 0 unspecified atom stereocenters. The third-order valence-electron chi connectivity index (χ3n) is 8.28. The van der Waals surface area contributed by atoms with E-state index in [-0.39, 0.29) is 11.5 Å². The van der Waals surface area contributed by atoms with E-state index in [1.807, 2.05) is 60.7 Å². The lowest BCUT2D eigenvalue weighted by molar-refractivity contribution is 0.415. The zero-order chi connectivity index (χ0) is 30.5. The highest BCUT2D eigenvalue weighted by Crippen LogP contribution is 2.51. The Bertz CT molecular complexity index is 2190. The molecule has 0 radical (unpaired) electrons. The smallest absolute Gasteiger partial charge is 0.119 e. The molecule has 6 nitrogen and oxygen atoms in total. The molecule has 214 valence electrons. The van der Waals surface area contributed by atoms with Crippen LogP contribution in [0, 0.1) is 24.7 Å². The van der Waals surface area contributed by atoms with Crippen LogP contribution in [0.25, 0.3) is 65.9 Å². The molecule has 2 aromatic heterocycles. The predicted octanol–water partition coefficient (Wildman–Crippen LogP) is 7.93. The minimum Gasteiger partial charge on any atom is -0.508 e. The molecule has 2 N–H and O–H groups in total. The molecule has 0 saturated heterocycles. The average molecular weight is 577 g/mol. The van der Waals surface area contributed by atoms with Gasteiger partial charge in [-0.3, -0.25) is 0 Å². The zero-order valence-electron chi connectivity index (χ0n) is 24.3. The number of methoxy groups -OCH3 is 2. The minimum absolute atomic E-state index is 0.145. The maximum absolute atomic E-state index is 10.7. The van der Waals surface area contributed by atoms with Crippen molar-refractivity contribution < 1.29 is 19.7 Å². The predicted molar refractivity (Wildman–Crippen MR) is 177 cm³/mol. The number of aromatic hydroxyl groups is 2. The van der Waals surface area contributed by atoms with Gasteiger partial charge in [0.05, 0.1) is 49.4 Å². The summed E-state index contributed by atoms with van der Waals surface area (Å²) in [5.74, 6) is 7.41. The second-order valence-electron chi connectivity index (χ2n) is 10.6. The summed E-state index contributed by atoms with van der Waals surface area (Å²) >= 11 is 0. The summed E-state index contributed by atoms with van der Waals surface area (Å²) in [6.07, 6.45) is 12.0. The van der Waals surface area contributed by atoms with Crippen LogP contribution in [-0.2, 0) is 13.1 Å². The third-order valence-corrected chi connectivity index (χ3v) is 8.28. The fourth-order valence-corrected chi connectivity index (χ4v) is 6.58. The van der Waals surface area contributed by atoms with Gasteiger partial charge in [-0.2, -0.15) is 0 Å². The first-order chi connectivity index (χ1) is 21.5. The molecule has 44 heavy (non-hydrogen) atoms. The van der Waals surface area contributed by atoms with Gasteiger partial charge in [0, 0.05) is 32.7 Å². The second-order valence-corrected chi connectivity index (χ2v) is 10.6. The van der Waals surface area contributed by atoms with Gasteiger partial charge in [-0.1, -0.05) is 36.1 Å². The maximum atomic E-state index is 10.7. The quantitative estimate of drug-likeness (QED) is 0.197. The molecule has 0 aliphatic rings. The molecule has 0 amide bonds. The van der Waals surface area contributed by atoms with Gasteiger partial charge >= 0.3 is 0 Å². The molecule has 0 saturated carbocycles. The Hall–Kier alpha value is -5.98. The molecule has 0 bridgehead atoms. The molecular formula is C38H28N2O4. The van der Waals surface area contributed by atoms with Crippen LogP contribution in [0.1, 0.15) is 0 Å². The highest BCUT2D eigenvalue weighted by molar-refractivity contribution is 6.32. The van der Waals surface area contributed by atoms with Gasteiger partial charge in [-0.15, -0.1) is 12.8 Å². The Morgan fingerprint density at radius 2 is 1.05 bits per heavy atom. The van der Waals surface area contributed by atoms with E-state index in [1.54, 1.807) is 38.5 Å². The van der Waals surface area contributed by atoms with E-state index in [0.29, 0.717) is 24.6 Å². The molecule has 7 rings (SSSR count). The minimum atomic E-state index is 0.145. The standard InChI is InChI=1S/C38H28N2O4/c1-5-17-39-31-15-13-27(43-3)21-29(31)35-34(24-10-8-12-26(42)20-24)38-36(33(37(35)39)23-9-7-11-25(41)19-23)30-22-28(44-4)14-16-32(30)40(38)18-6-2/h1-2,7-16,19-22,41-42H,17-18H2,3-4H3. The number of terminal acetylenes is 2. The molecular weight excluding hydrogens is 548 g/mol. The van der Waals surface area contributed by atoms with Crippen LogP contribution < -0.4 is 9.47 Å². The number of phenolic OH excluding ortho intramolecular Hbond substituents is 2. The van der Waals surface area contributed by atoms with Gasteiger partial charge in [0.2, 0.25) is 0 Å². The molecule has 0 fully saturated rings. The van der Waals surface area contributed by atoms with E-state index in [1.165, 1.54) is 0 Å². The molecule has 0 aliphatic carbocycles. The van der Waals surface area contributed by atoms with Gasteiger partial charge in [0.25, 0.3) is 0 Å². The third kappa shape index (κ3) is 3.93. The lowest BCUT2D eigenvalue weighted by atomic mass is 9.89. The van der Waals surface area contributed by atoms with E-state index in [0.717, 1.165) is 65.9 Å². The Kier molecular flexibility index (Phi) is 6.34. The fourth-order valence-electron chi connectivity index (χ4n) is 6.58. The summed E-state index contributed by atoms with van der Waals surface area (Å²) in [5, 5.41) is 25.2. The van der Waals surface area contributed by atoms with Crippen molar-refractivity contribution in [2.24, 2.45) is 0 Å². The van der Waals surface area contributed by atoms with Crippen molar-refractivity contribution in [2.75, 3.05) is 14.2 Å². The van der Waals surface area contributed by atoms with Crippen LogP contribution in [0.3, 0.4) is 0 Å². The molecule has 0 spiro atoms. The number of fused-ring (bicyclic) bond motifs is 6. The van der Waals surface area contributed by atoms with E-state index in [9.17, 15) is 10.2 Å². The maximum Gasteiger partial charge on any atom is 0.119 e. The first-order valence-corrected chi connectivity index (χ1v) is 14.1. The number of hydrogen-bond donors (Lipinski definition) is 2. The van der Waals surface area contributed by atoms with Crippen molar-refractivity contribution in [1.82, 2.24) is 9.13 Å². The monoisotopic (exact) mass is 576 g/mol. The van der Waals surface area contributed by atoms with Crippen molar-refractivity contribution in [3.8, 4) is 69.9 Å². The molecule has 7 aromatic rings. The summed E-state index contributed by atoms with van der Waals surface area (Å²) in [5.41, 5.74) is 7.08. The number of hydrogen-bond acceptors (Lipinski definition) is 4. The summed E-state index contributed by atoms with van der Waals surface area (Å²) in [6, 6.07) is 26.4. The second kappa shape index (κ2) is 10.4. The van der Waals surface area contributed by atoms with Crippen molar-refractivity contribution in [1.29, 1.82) is 0 Å². The van der Waals surface area contributed by atoms with Crippen molar-refractivity contribution in [2.45, 2.75) is 13.1 Å². The van der Waals surface area contributed by atoms with E-state index in [2.05, 4.69) is 21.0 Å². The summed E-state index contributed by atoms with van der Waals surface area (Å²) in [4.78, 5) is 0. The lowest BCUT2D eigenvalue weighted by Crippen LogP contribution is -2.00. The average Bonchev–Trinajstić information content (AvgIpc) is 3.52. The number of ether oxygens (including phenoxy) is 2. The van der Waals surface area contributed by atoms with E-state index >= 15 is 0 Å². The number of nitrogens with zero attached hydrogens (tertiary/aromatic N) is 2. The summed E-state index contributed by atoms with van der Waals surface area (Å²) in [7, 11) is 3.29. The zero-order valence-corrected chi connectivity index (χ0v) is 24.3. The van der Waals surface area contributed by atoms with Crippen LogP contribution in [0.2, 0.25) is 0 Å². The summed E-state index contributed by atoms with van der Waals surface area (Å²) in [6.45, 7) is 0.602. The van der Waals surface area contributed by atoms with Gasteiger partial charge in [0.1, 0.15) is 23.0 Å². The lowest BCUT2D eigenvalue weighted by Gasteiger charge is -2.17. The molecule has 5 aromatic carbocycles. The normalized spacial score (nSPS) is 11.3. The Morgan fingerprint density at radius 1 is 0.614 bits per heavy atom. The number of rotatable bonds is 6. The number of aromatic nitrogens is 2. The Morgan fingerprint density at radius 3 is 1.41 bits per heavy atom. The Balaban J connectivity index is 1.90. The van der Waals surface area contributed by atoms with Crippen LogP contribution in [0.5, 0.6) is 23.0 Å². The van der Waals surface area contributed by atoms with Crippen LogP contribution in [-0.4, -0.2) is 33.6 Å². The molecule has 2 heterocycles.